The molecule has 26 heavy (non-hydrogen) atoms. The molecule has 0 N–H and O–H groups in total. The van der Waals surface area contributed by atoms with Gasteiger partial charge in [0.25, 0.3) is 5.91 Å². The number of carbonyl (C=O) groups is 1. The van der Waals surface area contributed by atoms with E-state index in [4.69, 9.17) is 14.2 Å². The average molecular weight is 367 g/mol. The van der Waals surface area contributed by atoms with Crippen LogP contribution in [-0.2, 0) is 11.0 Å². The molecule has 0 bridgehead atoms. The maximum atomic E-state index is 13.1. The van der Waals surface area contributed by atoms with Gasteiger partial charge in [0.15, 0.2) is 23.9 Å². The fourth-order valence-corrected chi connectivity index (χ4v) is 2.69. The quantitative estimate of drug-likeness (QED) is 0.830. The number of hydrogen-bond donors (Lipinski definition) is 0. The van der Waals surface area contributed by atoms with Crippen LogP contribution in [-0.4, -0.2) is 32.8 Å². The highest BCUT2D eigenvalue weighted by Gasteiger charge is 2.38. The minimum absolute atomic E-state index is 0.0273. The van der Waals surface area contributed by atoms with Crippen molar-refractivity contribution in [3.63, 3.8) is 0 Å². The number of fused-ring (bicyclic) bond motifs is 1. The second-order valence-electron chi connectivity index (χ2n) is 5.48. The molecule has 0 saturated heterocycles. The fourth-order valence-electron chi connectivity index (χ4n) is 2.69. The number of para-hydroxylation sites is 3. The first-order chi connectivity index (χ1) is 12.4. The van der Waals surface area contributed by atoms with Crippen LogP contribution < -0.4 is 19.1 Å². The van der Waals surface area contributed by atoms with Gasteiger partial charge in [0.1, 0.15) is 6.61 Å². The Hall–Kier alpha value is -2.90. The van der Waals surface area contributed by atoms with Gasteiger partial charge in [0.05, 0.1) is 24.9 Å². The van der Waals surface area contributed by atoms with E-state index in [1.54, 1.807) is 24.3 Å². The van der Waals surface area contributed by atoms with Crippen LogP contribution >= 0.6 is 0 Å². The molecule has 0 saturated carbocycles. The average Bonchev–Trinajstić information content (AvgIpc) is 2.64. The van der Waals surface area contributed by atoms with Gasteiger partial charge >= 0.3 is 6.18 Å². The SMILES string of the molecule is COc1ccccc1OCC(=O)N1CCOc2c1cccc2C(F)(F)F. The van der Waals surface area contributed by atoms with Crippen molar-refractivity contribution in [2.75, 3.05) is 31.8 Å². The van der Waals surface area contributed by atoms with Gasteiger partial charge in [-0.3, -0.25) is 4.79 Å². The van der Waals surface area contributed by atoms with Crippen molar-refractivity contribution in [2.45, 2.75) is 6.18 Å². The number of alkyl halides is 3. The van der Waals surface area contributed by atoms with Crippen molar-refractivity contribution >= 4 is 11.6 Å². The zero-order valence-electron chi connectivity index (χ0n) is 13.9. The predicted molar refractivity (Wildman–Crippen MR) is 87.8 cm³/mol. The lowest BCUT2D eigenvalue weighted by atomic mass is 10.1. The zero-order chi connectivity index (χ0) is 18.7. The first-order valence-electron chi connectivity index (χ1n) is 7.81. The molecule has 1 heterocycles. The summed E-state index contributed by atoms with van der Waals surface area (Å²) in [7, 11) is 1.47. The van der Waals surface area contributed by atoms with Gasteiger partial charge in [-0.05, 0) is 24.3 Å². The molecule has 0 unspecified atom stereocenters. The van der Waals surface area contributed by atoms with Gasteiger partial charge in [0, 0.05) is 0 Å². The summed E-state index contributed by atoms with van der Waals surface area (Å²) in [4.78, 5) is 13.8. The number of ether oxygens (including phenoxy) is 3. The summed E-state index contributed by atoms with van der Waals surface area (Å²) < 4.78 is 55.2. The molecular formula is C18H16F3NO4. The predicted octanol–water partition coefficient (Wildman–Crippen LogP) is 3.52. The number of carbonyl (C=O) groups excluding carboxylic acids is 1. The Morgan fingerprint density at radius 3 is 2.58 bits per heavy atom. The number of nitrogens with zero attached hydrogens (tertiary/aromatic N) is 1. The van der Waals surface area contributed by atoms with Crippen LogP contribution in [0, 0.1) is 0 Å². The Balaban J connectivity index is 1.80. The molecule has 3 rings (SSSR count). The van der Waals surface area contributed by atoms with Crippen molar-refractivity contribution in [3.05, 3.63) is 48.0 Å². The summed E-state index contributed by atoms with van der Waals surface area (Å²) in [6.45, 7) is -0.223. The van der Waals surface area contributed by atoms with Crippen LogP contribution in [0.25, 0.3) is 0 Å². The number of anilines is 1. The minimum Gasteiger partial charge on any atom is -0.493 e. The van der Waals surface area contributed by atoms with Gasteiger partial charge in [-0.25, -0.2) is 0 Å². The molecule has 0 radical (unpaired) electrons. The molecule has 0 aliphatic carbocycles. The summed E-state index contributed by atoms with van der Waals surface area (Å²) in [5.74, 6) is 0.0274. The zero-order valence-corrected chi connectivity index (χ0v) is 13.9. The lowest BCUT2D eigenvalue weighted by Gasteiger charge is -2.31. The Kier molecular flexibility index (Phi) is 4.92. The van der Waals surface area contributed by atoms with Crippen LogP contribution in [0.3, 0.4) is 0 Å². The number of halogens is 3. The Bertz CT molecular complexity index is 807. The molecule has 1 aliphatic rings. The molecule has 5 nitrogen and oxygen atoms in total. The number of rotatable bonds is 4. The molecule has 2 aromatic carbocycles. The van der Waals surface area contributed by atoms with Gasteiger partial charge in [-0.15, -0.1) is 0 Å². The van der Waals surface area contributed by atoms with E-state index in [-0.39, 0.29) is 31.2 Å². The molecule has 0 aromatic heterocycles. The molecule has 1 aliphatic heterocycles. The molecule has 1 amide bonds. The van der Waals surface area contributed by atoms with E-state index in [1.807, 2.05) is 0 Å². The van der Waals surface area contributed by atoms with Gasteiger partial charge in [-0.1, -0.05) is 18.2 Å². The van der Waals surface area contributed by atoms with Crippen molar-refractivity contribution in [1.29, 1.82) is 0 Å². The van der Waals surface area contributed by atoms with Gasteiger partial charge in [-0.2, -0.15) is 13.2 Å². The first kappa shape index (κ1) is 17.9. The molecule has 8 heteroatoms. The number of hydrogen-bond acceptors (Lipinski definition) is 4. The maximum absolute atomic E-state index is 13.1. The first-order valence-corrected chi connectivity index (χ1v) is 7.81. The van der Waals surface area contributed by atoms with Crippen molar-refractivity contribution in [1.82, 2.24) is 0 Å². The van der Waals surface area contributed by atoms with Gasteiger partial charge in [0.2, 0.25) is 0 Å². The van der Waals surface area contributed by atoms with Crippen LogP contribution in [0.15, 0.2) is 42.5 Å². The topological polar surface area (TPSA) is 48.0 Å². The summed E-state index contributed by atoms with van der Waals surface area (Å²) in [5, 5.41) is 0. The second kappa shape index (κ2) is 7.15. The third-order valence-electron chi connectivity index (χ3n) is 3.87. The summed E-state index contributed by atoms with van der Waals surface area (Å²) in [5.41, 5.74) is -0.821. The molecular weight excluding hydrogens is 351 g/mol. The van der Waals surface area contributed by atoms with E-state index in [1.165, 1.54) is 24.1 Å². The Morgan fingerprint density at radius 1 is 1.15 bits per heavy atom. The van der Waals surface area contributed by atoms with Crippen LogP contribution in [0.5, 0.6) is 17.2 Å². The van der Waals surface area contributed by atoms with Crippen LogP contribution in [0.2, 0.25) is 0 Å². The Labute approximate surface area is 147 Å². The van der Waals surface area contributed by atoms with Crippen molar-refractivity contribution < 1.29 is 32.2 Å². The number of benzene rings is 2. The van der Waals surface area contributed by atoms with E-state index in [9.17, 15) is 18.0 Å². The third-order valence-corrected chi connectivity index (χ3v) is 3.87. The lowest BCUT2D eigenvalue weighted by Crippen LogP contribution is -2.41. The standard InChI is InChI=1S/C18H16F3NO4/c1-24-14-7-2-3-8-15(14)26-11-16(23)22-9-10-25-17-12(18(19,20)21)5-4-6-13(17)22/h2-8H,9-11H2,1H3. The van der Waals surface area contributed by atoms with E-state index in [2.05, 4.69) is 0 Å². The highest BCUT2D eigenvalue weighted by Crippen LogP contribution is 2.43. The minimum atomic E-state index is -4.56. The van der Waals surface area contributed by atoms with Crippen molar-refractivity contribution in [3.8, 4) is 17.2 Å². The van der Waals surface area contributed by atoms with E-state index >= 15 is 0 Å². The number of amides is 1. The highest BCUT2D eigenvalue weighted by atomic mass is 19.4. The van der Waals surface area contributed by atoms with Crippen LogP contribution in [0.4, 0.5) is 18.9 Å². The largest absolute Gasteiger partial charge is 0.493 e. The third kappa shape index (κ3) is 3.54. The van der Waals surface area contributed by atoms with E-state index in [0.717, 1.165) is 6.07 Å². The molecule has 2 aromatic rings. The summed E-state index contributed by atoms with van der Waals surface area (Å²) >= 11 is 0. The fraction of sp³-hybridized carbons (Fsp3) is 0.278. The van der Waals surface area contributed by atoms with Crippen molar-refractivity contribution in [2.24, 2.45) is 0 Å². The molecule has 0 atom stereocenters. The monoisotopic (exact) mass is 367 g/mol. The summed E-state index contributed by atoms with van der Waals surface area (Å²) in [6.07, 6.45) is -4.56. The van der Waals surface area contributed by atoms with E-state index in [0.29, 0.717) is 11.5 Å². The normalized spacial score (nSPS) is 13.6. The molecule has 0 spiro atoms. The smallest absolute Gasteiger partial charge is 0.420 e. The molecule has 0 fully saturated rings. The number of methoxy groups -OCH3 is 1. The van der Waals surface area contributed by atoms with Crippen LogP contribution in [0.1, 0.15) is 5.56 Å². The Morgan fingerprint density at radius 2 is 1.88 bits per heavy atom. The molecule has 138 valence electrons. The summed E-state index contributed by atoms with van der Waals surface area (Å²) in [6, 6.07) is 10.4. The highest BCUT2D eigenvalue weighted by molar-refractivity contribution is 5.96. The lowest BCUT2D eigenvalue weighted by molar-refractivity contribution is -0.139. The van der Waals surface area contributed by atoms with E-state index < -0.39 is 17.6 Å². The second-order valence-corrected chi connectivity index (χ2v) is 5.48. The van der Waals surface area contributed by atoms with Gasteiger partial charge < -0.3 is 19.1 Å². The maximum Gasteiger partial charge on any atom is 0.420 e.